The quantitative estimate of drug-likeness (QED) is 0.154. The van der Waals surface area contributed by atoms with Crippen LogP contribution in [-0.2, 0) is 25.4 Å². The second-order valence-corrected chi connectivity index (χ2v) is 8.49. The summed E-state index contributed by atoms with van der Waals surface area (Å²) in [4.78, 5) is 14.8. The zero-order valence-electron chi connectivity index (χ0n) is 21.1. The van der Waals surface area contributed by atoms with Gasteiger partial charge in [-0.25, -0.2) is 9.18 Å². The first-order chi connectivity index (χ1) is 16.7. The molecule has 0 aliphatic heterocycles. The summed E-state index contributed by atoms with van der Waals surface area (Å²) in [5.41, 5.74) is 0.420. The number of aliphatic hydroxyl groups is 1. The minimum atomic E-state index is -0.705. The Morgan fingerprint density at radius 2 is 1.29 bits per heavy atom. The SMILES string of the molecule is CCCCCCCCCCCCCc1c[nH]c(C(=O)OCCOCCOCCOCCO)c1F. The van der Waals surface area contributed by atoms with E-state index in [9.17, 15) is 9.18 Å². The van der Waals surface area contributed by atoms with Gasteiger partial charge in [-0.2, -0.15) is 0 Å². The molecule has 0 saturated heterocycles. The smallest absolute Gasteiger partial charge is 0.357 e. The first-order valence-electron chi connectivity index (χ1n) is 13.1. The van der Waals surface area contributed by atoms with Crippen molar-refractivity contribution in [2.75, 3.05) is 52.9 Å². The average molecular weight is 488 g/mol. The van der Waals surface area contributed by atoms with E-state index >= 15 is 0 Å². The normalized spacial score (nSPS) is 11.3. The van der Waals surface area contributed by atoms with E-state index in [1.165, 1.54) is 57.8 Å². The number of H-pyrrole nitrogens is 1. The van der Waals surface area contributed by atoms with Crippen molar-refractivity contribution in [3.05, 3.63) is 23.3 Å². The molecule has 0 aliphatic rings. The van der Waals surface area contributed by atoms with Gasteiger partial charge in [-0.1, -0.05) is 71.1 Å². The molecule has 0 radical (unpaired) electrons. The number of aromatic nitrogens is 1. The molecule has 8 heteroatoms. The zero-order chi connectivity index (χ0) is 24.7. The number of carbonyl (C=O) groups is 1. The zero-order valence-corrected chi connectivity index (χ0v) is 21.1. The van der Waals surface area contributed by atoms with Crippen LogP contribution in [0.15, 0.2) is 6.20 Å². The molecule has 1 heterocycles. The topological polar surface area (TPSA) is 90.0 Å². The maximum atomic E-state index is 14.5. The van der Waals surface area contributed by atoms with E-state index in [1.54, 1.807) is 6.20 Å². The van der Waals surface area contributed by atoms with Crippen LogP contribution < -0.4 is 0 Å². The molecular weight excluding hydrogens is 441 g/mol. The maximum Gasteiger partial charge on any atom is 0.357 e. The number of nitrogens with one attached hydrogen (secondary N) is 1. The van der Waals surface area contributed by atoms with Crippen molar-refractivity contribution in [1.82, 2.24) is 4.98 Å². The van der Waals surface area contributed by atoms with E-state index in [4.69, 9.17) is 24.1 Å². The lowest BCUT2D eigenvalue weighted by Crippen LogP contribution is -2.15. The summed E-state index contributed by atoms with van der Waals surface area (Å²) in [7, 11) is 0. The number of hydrogen-bond acceptors (Lipinski definition) is 6. The number of esters is 1. The summed E-state index contributed by atoms with van der Waals surface area (Å²) in [6, 6.07) is 0. The second-order valence-electron chi connectivity index (χ2n) is 8.49. The molecule has 7 nitrogen and oxygen atoms in total. The fourth-order valence-electron chi connectivity index (χ4n) is 3.63. The average Bonchev–Trinajstić information content (AvgIpc) is 3.21. The largest absolute Gasteiger partial charge is 0.458 e. The third-order valence-electron chi connectivity index (χ3n) is 5.59. The Balaban J connectivity index is 2.03. The highest BCUT2D eigenvalue weighted by Gasteiger charge is 2.18. The molecule has 1 rings (SSSR count). The van der Waals surface area contributed by atoms with Gasteiger partial charge in [-0.05, 0) is 12.8 Å². The van der Waals surface area contributed by atoms with Gasteiger partial charge in [0.15, 0.2) is 11.5 Å². The van der Waals surface area contributed by atoms with Crippen LogP contribution in [-0.4, -0.2) is 68.9 Å². The van der Waals surface area contributed by atoms with E-state index in [2.05, 4.69) is 11.9 Å². The van der Waals surface area contributed by atoms with Crippen LogP contribution in [0.3, 0.4) is 0 Å². The van der Waals surface area contributed by atoms with Crippen LogP contribution in [0, 0.1) is 5.82 Å². The van der Waals surface area contributed by atoms with Crippen LogP contribution in [0.1, 0.15) is 93.6 Å². The van der Waals surface area contributed by atoms with Gasteiger partial charge in [-0.15, -0.1) is 0 Å². The number of halogens is 1. The van der Waals surface area contributed by atoms with Gasteiger partial charge in [0, 0.05) is 11.8 Å². The van der Waals surface area contributed by atoms with Crippen molar-refractivity contribution >= 4 is 5.97 Å². The maximum absolute atomic E-state index is 14.5. The van der Waals surface area contributed by atoms with Crippen molar-refractivity contribution in [2.45, 2.75) is 84.0 Å². The first kappa shape index (κ1) is 30.6. The molecule has 0 saturated carbocycles. The molecule has 1 aromatic rings. The third kappa shape index (κ3) is 15.4. The fraction of sp³-hybridized carbons (Fsp3) is 0.808. The Morgan fingerprint density at radius 1 is 0.794 bits per heavy atom. The molecule has 0 atom stereocenters. The number of carbonyl (C=O) groups excluding carboxylic acids is 1. The number of aliphatic hydroxyl groups excluding tert-OH is 1. The van der Waals surface area contributed by atoms with Crippen LogP contribution in [0.25, 0.3) is 0 Å². The molecule has 34 heavy (non-hydrogen) atoms. The summed E-state index contributed by atoms with van der Waals surface area (Å²) in [5, 5.41) is 8.57. The number of rotatable bonds is 24. The van der Waals surface area contributed by atoms with Crippen LogP contribution in [0.4, 0.5) is 4.39 Å². The van der Waals surface area contributed by atoms with Crippen LogP contribution >= 0.6 is 0 Å². The van der Waals surface area contributed by atoms with Crippen LogP contribution in [0.2, 0.25) is 0 Å². The van der Waals surface area contributed by atoms with Gasteiger partial charge >= 0.3 is 5.97 Å². The minimum absolute atomic E-state index is 0.00503. The van der Waals surface area contributed by atoms with Crippen LogP contribution in [0.5, 0.6) is 0 Å². The molecular formula is C26H46FNO6. The fourth-order valence-corrected chi connectivity index (χ4v) is 3.63. The van der Waals surface area contributed by atoms with Crippen molar-refractivity contribution in [2.24, 2.45) is 0 Å². The second kappa shape index (κ2) is 22.0. The standard InChI is InChI=1S/C26H46FNO6/c1-2-3-4-5-6-7-8-9-10-11-12-13-23-22-28-25(24(23)27)26(30)34-21-20-33-19-18-32-17-16-31-15-14-29/h22,28-29H,2-21H2,1H3. The number of aryl methyl sites for hydroxylation is 1. The molecule has 0 spiro atoms. The van der Waals surface area contributed by atoms with E-state index in [0.29, 0.717) is 45.0 Å². The predicted molar refractivity (Wildman–Crippen MR) is 131 cm³/mol. The lowest BCUT2D eigenvalue weighted by atomic mass is 10.0. The molecule has 0 aliphatic carbocycles. The molecule has 0 fully saturated rings. The minimum Gasteiger partial charge on any atom is -0.458 e. The molecule has 1 aromatic heterocycles. The Kier molecular flexibility index (Phi) is 19.8. The molecule has 198 valence electrons. The van der Waals surface area contributed by atoms with Gasteiger partial charge < -0.3 is 29.0 Å². The Hall–Kier alpha value is -1.48. The molecule has 0 aromatic carbocycles. The summed E-state index contributed by atoms with van der Waals surface area (Å²) < 4.78 is 35.3. The third-order valence-corrected chi connectivity index (χ3v) is 5.59. The highest BCUT2D eigenvalue weighted by molar-refractivity contribution is 5.88. The number of unbranched alkanes of at least 4 members (excludes halogenated alkanes) is 10. The summed E-state index contributed by atoms with van der Waals surface area (Å²) >= 11 is 0. The van der Waals surface area contributed by atoms with Crippen molar-refractivity contribution in [3.63, 3.8) is 0 Å². The summed E-state index contributed by atoms with van der Waals surface area (Å²) in [6.07, 6.45) is 15.9. The highest BCUT2D eigenvalue weighted by Crippen LogP contribution is 2.17. The number of hydrogen-bond donors (Lipinski definition) is 2. The van der Waals surface area contributed by atoms with Gasteiger partial charge in [0.05, 0.1) is 46.2 Å². The van der Waals surface area contributed by atoms with Gasteiger partial charge in [0.1, 0.15) is 6.61 Å². The lowest BCUT2D eigenvalue weighted by molar-refractivity contribution is -0.00334. The van der Waals surface area contributed by atoms with E-state index < -0.39 is 11.8 Å². The number of aromatic amines is 1. The van der Waals surface area contributed by atoms with Gasteiger partial charge in [0.2, 0.25) is 0 Å². The van der Waals surface area contributed by atoms with E-state index in [0.717, 1.165) is 12.8 Å². The lowest BCUT2D eigenvalue weighted by Gasteiger charge is -2.07. The molecule has 2 N–H and O–H groups in total. The number of ether oxygens (including phenoxy) is 4. The monoisotopic (exact) mass is 487 g/mol. The molecule has 0 unspecified atom stereocenters. The van der Waals surface area contributed by atoms with Gasteiger partial charge in [0.25, 0.3) is 0 Å². The highest BCUT2D eigenvalue weighted by atomic mass is 19.1. The van der Waals surface area contributed by atoms with Crippen molar-refractivity contribution in [1.29, 1.82) is 0 Å². The van der Waals surface area contributed by atoms with E-state index in [1.807, 2.05) is 0 Å². The first-order valence-corrected chi connectivity index (χ1v) is 13.1. The predicted octanol–water partition coefficient (Wildman–Crippen LogP) is 5.21. The van der Waals surface area contributed by atoms with Gasteiger partial charge in [-0.3, -0.25) is 0 Å². The van der Waals surface area contributed by atoms with Crippen molar-refractivity contribution in [3.8, 4) is 0 Å². The Bertz CT molecular complexity index is 610. The molecule has 0 bridgehead atoms. The Labute approximate surface area is 204 Å². The molecule has 0 amide bonds. The summed E-state index contributed by atoms with van der Waals surface area (Å²) in [5.74, 6) is -1.21. The Morgan fingerprint density at radius 3 is 1.85 bits per heavy atom. The van der Waals surface area contributed by atoms with Crippen molar-refractivity contribution < 1.29 is 33.2 Å². The van der Waals surface area contributed by atoms with E-state index in [-0.39, 0.29) is 25.5 Å². The summed E-state index contributed by atoms with van der Waals surface area (Å²) in [6.45, 7) is 4.39.